The van der Waals surface area contributed by atoms with E-state index in [0.29, 0.717) is 35.4 Å². The zero-order valence-corrected chi connectivity index (χ0v) is 37.6. The van der Waals surface area contributed by atoms with E-state index in [2.05, 4.69) is 10.6 Å². The third-order valence-corrected chi connectivity index (χ3v) is 12.6. The molecule has 0 radical (unpaired) electrons. The molecule has 0 saturated heterocycles. The third-order valence-electron chi connectivity index (χ3n) is 12.6. The summed E-state index contributed by atoms with van der Waals surface area (Å²) in [6.45, 7) is -0.197. The number of likely N-dealkylation sites (N-methyl/N-ethyl adjacent to an activating group) is 1. The number of aryl methyl sites for hydroxylation is 2. The minimum Gasteiger partial charge on any atom is -0.494 e. The molecule has 4 aromatic carbocycles. The predicted molar refractivity (Wildman–Crippen MR) is 240 cm³/mol. The van der Waals surface area contributed by atoms with Crippen LogP contribution in [0.3, 0.4) is 0 Å². The Bertz CT molecular complexity index is 2990. The van der Waals surface area contributed by atoms with Crippen molar-refractivity contribution < 1.29 is 69.3 Å². The summed E-state index contributed by atoms with van der Waals surface area (Å²) in [7, 11) is 1.64. The number of alkyl halides is 6. The van der Waals surface area contributed by atoms with Gasteiger partial charge in [0.25, 0.3) is 0 Å². The number of anilines is 4. The molecule has 2 aliphatic rings. The van der Waals surface area contributed by atoms with Gasteiger partial charge in [-0.1, -0.05) is 24.3 Å². The van der Waals surface area contributed by atoms with Crippen LogP contribution in [0.1, 0.15) is 69.4 Å². The number of carbonyl (C=O) groups is 3. The number of halogens is 8. The number of quaternary nitrogens is 1. The molecule has 372 valence electrons. The Hall–Kier alpha value is -8.57. The van der Waals surface area contributed by atoms with Gasteiger partial charge < -0.3 is 39.6 Å². The fraction of sp³-hybridized carbons (Fsp3) is 0.245. The number of carboxylic acid groups (broad SMARTS) is 1. The van der Waals surface area contributed by atoms with Crippen molar-refractivity contribution in [2.75, 3.05) is 36.5 Å². The lowest BCUT2D eigenvalue weighted by Crippen LogP contribution is -2.49. The number of benzene rings is 4. The number of carboxylic acids is 1. The van der Waals surface area contributed by atoms with E-state index < -0.39 is 83.5 Å². The smallest absolute Gasteiger partial charge is 0.419 e. The van der Waals surface area contributed by atoms with Crippen LogP contribution in [0.15, 0.2) is 97.3 Å². The average Bonchev–Trinajstić information content (AvgIpc) is 3.82. The lowest BCUT2D eigenvalue weighted by molar-refractivity contribution is -0.903. The minimum atomic E-state index is -5.12. The normalized spacial score (nSPS) is 16.5. The van der Waals surface area contributed by atoms with Crippen LogP contribution in [-0.4, -0.2) is 73.7 Å². The van der Waals surface area contributed by atoms with Crippen LogP contribution in [0.4, 0.5) is 67.5 Å². The molecule has 0 bridgehead atoms. The van der Waals surface area contributed by atoms with Crippen LogP contribution < -0.4 is 20.4 Å². The molecule has 4 amide bonds. The van der Waals surface area contributed by atoms with Gasteiger partial charge in [0.15, 0.2) is 18.3 Å². The lowest BCUT2D eigenvalue weighted by atomic mass is 9.96. The highest BCUT2D eigenvalue weighted by atomic mass is 19.4. The van der Waals surface area contributed by atoms with Crippen molar-refractivity contribution in [1.29, 1.82) is 10.5 Å². The van der Waals surface area contributed by atoms with E-state index in [1.807, 2.05) is 12.1 Å². The Morgan fingerprint density at radius 1 is 0.653 bits per heavy atom. The van der Waals surface area contributed by atoms with Crippen LogP contribution in [0.25, 0.3) is 0 Å². The summed E-state index contributed by atoms with van der Waals surface area (Å²) in [5.74, 6) is -5.14. The molecule has 2 atom stereocenters. The van der Waals surface area contributed by atoms with Crippen LogP contribution in [-0.2, 0) is 30.2 Å². The van der Waals surface area contributed by atoms with Gasteiger partial charge in [-0.3, -0.25) is 9.80 Å². The highest BCUT2D eigenvalue weighted by molar-refractivity contribution is 6.04. The Morgan fingerprint density at radius 2 is 1.03 bits per heavy atom. The van der Waals surface area contributed by atoms with Gasteiger partial charge in [-0.25, -0.2) is 23.2 Å². The summed E-state index contributed by atoms with van der Waals surface area (Å²) < 4.78 is 114. The van der Waals surface area contributed by atoms with Gasteiger partial charge in [0.1, 0.15) is 11.6 Å². The van der Waals surface area contributed by atoms with Gasteiger partial charge in [-0.2, -0.15) is 36.9 Å². The molecule has 72 heavy (non-hydrogen) atoms. The standard InChI is InChI=1S/C49H39F8N9O6/c1-66(26-39(67)68,18-2-16-62-24-37-40(44(62)69)42(29-8-4-27(22-58)5-9-29)60-46(71)64(37)31-12-14-35(50)33(20-31)48(52,53)54)19-3-17-63-25-38-41(45(63)70)43(30-10-6-28(23-59)7-11-30)61-47(72)65(38)32-13-15-36(51)34(21-32)49(55,56)57/h4-15,20-21,24-25,42-43H,2-3,16-19,26H2,1H3,(H4-,60,61,67,68,69,70,71,72)/p+1. The first kappa shape index (κ1) is 49.8. The fourth-order valence-corrected chi connectivity index (χ4v) is 9.18. The second-order valence-corrected chi connectivity index (χ2v) is 17.4. The molecule has 0 saturated carbocycles. The summed E-state index contributed by atoms with van der Waals surface area (Å²) in [5, 5.41) is 57.6. The van der Waals surface area contributed by atoms with Crippen molar-refractivity contribution in [1.82, 2.24) is 19.8 Å². The zero-order chi connectivity index (χ0) is 52.0. The molecule has 15 nitrogen and oxygen atoms in total. The van der Waals surface area contributed by atoms with Crippen LogP contribution >= 0.6 is 0 Å². The zero-order valence-electron chi connectivity index (χ0n) is 37.6. The molecule has 6 aromatic rings. The Balaban J connectivity index is 1.06. The molecular formula is C49H40F8N9O6+. The van der Waals surface area contributed by atoms with E-state index in [-0.39, 0.29) is 88.5 Å². The van der Waals surface area contributed by atoms with E-state index in [9.17, 15) is 75.4 Å². The number of nitriles is 2. The van der Waals surface area contributed by atoms with Crippen molar-refractivity contribution in [3.63, 3.8) is 0 Å². The van der Waals surface area contributed by atoms with Crippen LogP contribution in [0.5, 0.6) is 11.8 Å². The molecule has 2 aromatic heterocycles. The van der Waals surface area contributed by atoms with Gasteiger partial charge in [0, 0.05) is 38.3 Å². The molecule has 5 N–H and O–H groups in total. The number of hydrogen-bond donors (Lipinski definition) is 5. The van der Waals surface area contributed by atoms with E-state index in [0.717, 1.165) is 21.9 Å². The highest BCUT2D eigenvalue weighted by Crippen LogP contribution is 2.48. The number of nitrogens with one attached hydrogen (secondary N) is 2. The topological polar surface area (TPSA) is 200 Å². The van der Waals surface area contributed by atoms with Gasteiger partial charge in [0.2, 0.25) is 0 Å². The number of amides is 4. The van der Waals surface area contributed by atoms with Crippen molar-refractivity contribution in [3.05, 3.63) is 153 Å². The second kappa shape index (κ2) is 19.0. The molecular weight excluding hydrogens is 963 g/mol. The maximum absolute atomic E-state index is 14.4. The molecule has 2 unspecified atom stereocenters. The van der Waals surface area contributed by atoms with E-state index >= 15 is 0 Å². The molecule has 0 spiro atoms. The number of urea groups is 2. The highest BCUT2D eigenvalue weighted by Gasteiger charge is 2.42. The Morgan fingerprint density at radius 3 is 1.36 bits per heavy atom. The number of rotatable bonds is 14. The third kappa shape index (κ3) is 9.65. The minimum absolute atomic E-state index is 0.0240. The summed E-state index contributed by atoms with van der Waals surface area (Å²) in [6.07, 6.45) is -7.25. The van der Waals surface area contributed by atoms with Crippen molar-refractivity contribution >= 4 is 40.8 Å². The largest absolute Gasteiger partial charge is 0.494 e. The first-order valence-corrected chi connectivity index (χ1v) is 21.9. The molecule has 4 heterocycles. The predicted octanol–water partition coefficient (Wildman–Crippen LogP) is 9.67. The first-order chi connectivity index (χ1) is 34.0. The maximum Gasteiger partial charge on any atom is 0.419 e. The van der Waals surface area contributed by atoms with E-state index in [4.69, 9.17) is 0 Å². The lowest BCUT2D eigenvalue weighted by Gasteiger charge is -2.33. The number of aromatic hydroxyl groups is 2. The second-order valence-electron chi connectivity index (χ2n) is 17.4. The summed E-state index contributed by atoms with van der Waals surface area (Å²) in [5.41, 5.74) is -2.61. The summed E-state index contributed by atoms with van der Waals surface area (Å²) in [4.78, 5) is 41.5. The first-order valence-electron chi connectivity index (χ1n) is 21.9. The monoisotopic (exact) mass is 1000 g/mol. The number of nitrogens with zero attached hydrogens (tertiary/aromatic N) is 7. The number of fused-ring (bicyclic) bond motifs is 2. The Kier molecular flexibility index (Phi) is 13.1. The van der Waals surface area contributed by atoms with Crippen molar-refractivity contribution in [2.24, 2.45) is 0 Å². The molecule has 2 aliphatic heterocycles. The number of carbonyl (C=O) groups excluding carboxylic acids is 2. The molecule has 23 heteroatoms. The number of aliphatic carboxylic acids is 1. The van der Waals surface area contributed by atoms with Crippen molar-refractivity contribution in [3.8, 4) is 23.9 Å². The number of aromatic nitrogens is 2. The summed E-state index contributed by atoms with van der Waals surface area (Å²) >= 11 is 0. The van der Waals surface area contributed by atoms with Gasteiger partial charge in [0.05, 0.1) is 100 Å². The summed E-state index contributed by atoms with van der Waals surface area (Å²) in [6, 6.07) is 15.9. The SMILES string of the molecule is C[N+](CCCn1cc2c(c1O)C(c1ccc(C#N)cc1)NC(=O)N2c1ccc(F)c(C(F)(F)F)c1)(CCCn1cc2c(c1O)C(c1ccc(C#N)cc1)NC(=O)N2c1ccc(F)c(C(F)(F)F)c1)CC(=O)O. The fourth-order valence-electron chi connectivity index (χ4n) is 9.18. The number of hydrogen-bond acceptors (Lipinski definition) is 7. The van der Waals surface area contributed by atoms with Crippen LogP contribution in [0, 0.1) is 34.3 Å². The van der Waals surface area contributed by atoms with E-state index in [1.54, 1.807) is 7.05 Å². The average molecular weight is 1000 g/mol. The van der Waals surface area contributed by atoms with Crippen molar-refractivity contribution in [2.45, 2.75) is 50.4 Å². The molecule has 0 aliphatic carbocycles. The van der Waals surface area contributed by atoms with E-state index in [1.165, 1.54) is 70.1 Å². The maximum atomic E-state index is 14.4. The molecule has 8 rings (SSSR count). The van der Waals surface area contributed by atoms with Gasteiger partial charge >= 0.3 is 30.4 Å². The Labute approximate surface area is 403 Å². The van der Waals surface area contributed by atoms with Gasteiger partial charge in [-0.05, 0) is 71.8 Å². The van der Waals surface area contributed by atoms with Crippen LogP contribution in [0.2, 0.25) is 0 Å². The quantitative estimate of drug-likeness (QED) is 0.0525. The van der Waals surface area contributed by atoms with Gasteiger partial charge in [-0.15, -0.1) is 0 Å². The molecule has 0 fully saturated rings.